The molecule has 1 aliphatic rings. The second-order valence-electron chi connectivity index (χ2n) is 7.33. The van der Waals surface area contributed by atoms with Crippen molar-refractivity contribution in [2.24, 2.45) is 16.8 Å². The maximum Gasteiger partial charge on any atom is 0.213 e. The summed E-state index contributed by atoms with van der Waals surface area (Å²) in [6.45, 7) is 7.54. The Labute approximate surface area is 171 Å². The summed E-state index contributed by atoms with van der Waals surface area (Å²) in [5.41, 5.74) is 0. The molecule has 0 bridgehead atoms. The van der Waals surface area contributed by atoms with Crippen molar-refractivity contribution >= 4 is 40.0 Å². The Morgan fingerprint density at radius 2 is 1.88 bits per heavy atom. The summed E-state index contributed by atoms with van der Waals surface area (Å²) in [5, 5.41) is 6.41. The first-order valence-electron chi connectivity index (χ1n) is 9.27. The van der Waals surface area contributed by atoms with Gasteiger partial charge in [0.2, 0.25) is 10.0 Å². The topological polar surface area (TPSA) is 82.6 Å². The van der Waals surface area contributed by atoms with E-state index in [1.165, 1.54) is 19.3 Å². The average molecular weight is 488 g/mol. The van der Waals surface area contributed by atoms with E-state index in [2.05, 4.69) is 41.1 Å². The van der Waals surface area contributed by atoms with Gasteiger partial charge in [0.25, 0.3) is 0 Å². The van der Waals surface area contributed by atoms with E-state index >= 15 is 0 Å². The van der Waals surface area contributed by atoms with Crippen LogP contribution in [0.5, 0.6) is 0 Å². The minimum Gasteiger partial charge on any atom is -0.355 e. The van der Waals surface area contributed by atoms with Gasteiger partial charge in [-0.05, 0) is 38.0 Å². The molecule has 1 aliphatic carbocycles. The van der Waals surface area contributed by atoms with E-state index in [1.54, 1.807) is 7.05 Å². The first kappa shape index (κ1) is 24.9. The lowest BCUT2D eigenvalue weighted by Crippen LogP contribution is -2.44. The molecule has 0 radical (unpaired) electrons. The highest BCUT2D eigenvalue weighted by Crippen LogP contribution is 2.25. The van der Waals surface area contributed by atoms with E-state index < -0.39 is 10.0 Å². The first-order valence-corrected chi connectivity index (χ1v) is 10.9. The van der Waals surface area contributed by atoms with Crippen LogP contribution in [0.3, 0.4) is 0 Å². The van der Waals surface area contributed by atoms with Crippen molar-refractivity contribution in [1.82, 2.24) is 15.4 Å². The number of halogens is 1. The second-order valence-corrected chi connectivity index (χ2v) is 9.26. The Morgan fingerprint density at radius 1 is 1.20 bits per heavy atom. The Hall–Kier alpha value is -0.0900. The standard InChI is InChI=1S/C17H36N4O2S.HI/c1-14(2)7-5-8-15(3)21-17(18-4)19-11-12-24(22,23)20-13-16-9-6-10-16;/h14-16,20H,5-13H2,1-4H3,(H2,18,19,21);1H. The maximum atomic E-state index is 12.0. The summed E-state index contributed by atoms with van der Waals surface area (Å²) in [6, 6.07) is 0.322. The van der Waals surface area contributed by atoms with E-state index in [0.717, 1.165) is 25.2 Å². The predicted octanol–water partition coefficient (Wildman–Crippen LogP) is 2.70. The van der Waals surface area contributed by atoms with Crippen LogP contribution in [0.15, 0.2) is 4.99 Å². The predicted molar refractivity (Wildman–Crippen MR) is 117 cm³/mol. The monoisotopic (exact) mass is 488 g/mol. The van der Waals surface area contributed by atoms with Crippen molar-refractivity contribution in [2.75, 3.05) is 25.9 Å². The van der Waals surface area contributed by atoms with Crippen molar-refractivity contribution in [1.29, 1.82) is 0 Å². The summed E-state index contributed by atoms with van der Waals surface area (Å²) in [4.78, 5) is 4.17. The van der Waals surface area contributed by atoms with Gasteiger partial charge >= 0.3 is 0 Å². The van der Waals surface area contributed by atoms with Crippen LogP contribution in [0.1, 0.15) is 59.3 Å². The fourth-order valence-electron chi connectivity index (χ4n) is 2.65. The molecule has 150 valence electrons. The molecule has 1 rings (SSSR count). The lowest BCUT2D eigenvalue weighted by Gasteiger charge is -2.25. The van der Waals surface area contributed by atoms with Gasteiger partial charge in [0.05, 0.1) is 5.75 Å². The van der Waals surface area contributed by atoms with Gasteiger partial charge in [0.15, 0.2) is 5.96 Å². The zero-order valence-electron chi connectivity index (χ0n) is 16.2. The van der Waals surface area contributed by atoms with Crippen LogP contribution < -0.4 is 15.4 Å². The molecule has 0 aromatic rings. The average Bonchev–Trinajstić information content (AvgIpc) is 2.43. The molecule has 0 spiro atoms. The SMILES string of the molecule is CN=C(NCCS(=O)(=O)NCC1CCC1)NC(C)CCCC(C)C.I. The van der Waals surface area contributed by atoms with Crippen LogP contribution in [0.2, 0.25) is 0 Å². The molecule has 0 amide bonds. The number of hydrogen-bond acceptors (Lipinski definition) is 3. The van der Waals surface area contributed by atoms with Crippen LogP contribution in [-0.4, -0.2) is 46.3 Å². The molecule has 1 unspecified atom stereocenters. The highest BCUT2D eigenvalue weighted by molar-refractivity contribution is 14.0. The van der Waals surface area contributed by atoms with E-state index in [0.29, 0.717) is 31.0 Å². The third-order valence-corrected chi connectivity index (χ3v) is 5.85. The fraction of sp³-hybridized carbons (Fsp3) is 0.941. The molecule has 1 fully saturated rings. The summed E-state index contributed by atoms with van der Waals surface area (Å²) in [6.07, 6.45) is 7.01. The third-order valence-electron chi connectivity index (χ3n) is 4.51. The Bertz CT molecular complexity index is 479. The summed E-state index contributed by atoms with van der Waals surface area (Å²) < 4.78 is 26.6. The Balaban J connectivity index is 0.00000576. The fourth-order valence-corrected chi connectivity index (χ4v) is 3.65. The van der Waals surface area contributed by atoms with Gasteiger partial charge in [0.1, 0.15) is 0 Å². The summed E-state index contributed by atoms with van der Waals surface area (Å²) in [7, 11) is -1.50. The zero-order chi connectivity index (χ0) is 18.0. The molecule has 3 N–H and O–H groups in total. The number of guanidine groups is 1. The van der Waals surface area contributed by atoms with Crippen molar-refractivity contribution in [2.45, 2.75) is 65.3 Å². The maximum absolute atomic E-state index is 12.0. The number of aliphatic imine (C=N–C) groups is 1. The molecule has 1 saturated carbocycles. The summed E-state index contributed by atoms with van der Waals surface area (Å²) >= 11 is 0. The molecule has 1 atom stereocenters. The van der Waals surface area contributed by atoms with E-state index in [1.807, 2.05) is 0 Å². The molecular weight excluding hydrogens is 451 g/mol. The van der Waals surface area contributed by atoms with Gasteiger partial charge < -0.3 is 10.6 Å². The minimum absolute atomic E-state index is 0. The van der Waals surface area contributed by atoms with Crippen LogP contribution in [0.4, 0.5) is 0 Å². The minimum atomic E-state index is -3.20. The van der Waals surface area contributed by atoms with Gasteiger partial charge in [-0.15, -0.1) is 24.0 Å². The van der Waals surface area contributed by atoms with Crippen LogP contribution in [-0.2, 0) is 10.0 Å². The first-order chi connectivity index (χ1) is 11.3. The van der Waals surface area contributed by atoms with Gasteiger partial charge in [-0.25, -0.2) is 13.1 Å². The van der Waals surface area contributed by atoms with Crippen molar-refractivity contribution in [3.05, 3.63) is 0 Å². The quantitative estimate of drug-likeness (QED) is 0.237. The van der Waals surface area contributed by atoms with E-state index in [4.69, 9.17) is 0 Å². The van der Waals surface area contributed by atoms with Crippen LogP contribution in [0, 0.1) is 11.8 Å². The summed E-state index contributed by atoms with van der Waals surface area (Å²) in [5.74, 6) is 2.00. The van der Waals surface area contributed by atoms with Gasteiger partial charge in [-0.1, -0.05) is 33.1 Å². The molecule has 25 heavy (non-hydrogen) atoms. The van der Waals surface area contributed by atoms with Crippen LogP contribution >= 0.6 is 24.0 Å². The third kappa shape index (κ3) is 12.0. The Kier molecular flexibility index (Phi) is 13.1. The second kappa shape index (κ2) is 13.1. The van der Waals surface area contributed by atoms with E-state index in [9.17, 15) is 8.42 Å². The number of nitrogens with one attached hydrogen (secondary N) is 3. The van der Waals surface area contributed by atoms with E-state index in [-0.39, 0.29) is 29.7 Å². The van der Waals surface area contributed by atoms with Gasteiger partial charge in [-0.2, -0.15) is 0 Å². The molecule has 0 aromatic carbocycles. The van der Waals surface area contributed by atoms with Gasteiger partial charge in [0, 0.05) is 26.2 Å². The van der Waals surface area contributed by atoms with Crippen molar-refractivity contribution < 1.29 is 8.42 Å². The molecule has 6 nitrogen and oxygen atoms in total. The highest BCUT2D eigenvalue weighted by Gasteiger charge is 2.20. The van der Waals surface area contributed by atoms with Crippen molar-refractivity contribution in [3.63, 3.8) is 0 Å². The lowest BCUT2D eigenvalue weighted by molar-refractivity contribution is 0.316. The van der Waals surface area contributed by atoms with Crippen molar-refractivity contribution in [3.8, 4) is 0 Å². The molecule has 8 heteroatoms. The normalized spacial score (nSPS) is 16.9. The number of rotatable bonds is 11. The number of nitrogens with zero attached hydrogens (tertiary/aromatic N) is 1. The Morgan fingerprint density at radius 3 is 2.40 bits per heavy atom. The number of hydrogen-bond donors (Lipinski definition) is 3. The van der Waals surface area contributed by atoms with Crippen LogP contribution in [0.25, 0.3) is 0 Å². The largest absolute Gasteiger partial charge is 0.355 e. The highest BCUT2D eigenvalue weighted by atomic mass is 127. The zero-order valence-corrected chi connectivity index (χ0v) is 19.3. The molecule has 0 heterocycles. The molecule has 0 aliphatic heterocycles. The molecular formula is C17H37IN4O2S. The van der Waals surface area contributed by atoms with Gasteiger partial charge in [-0.3, -0.25) is 4.99 Å². The molecule has 0 saturated heterocycles. The number of sulfonamides is 1. The lowest BCUT2D eigenvalue weighted by atomic mass is 9.86. The molecule has 0 aromatic heterocycles. The smallest absolute Gasteiger partial charge is 0.213 e.